The van der Waals surface area contributed by atoms with Gasteiger partial charge in [-0.2, -0.15) is 0 Å². The summed E-state index contributed by atoms with van der Waals surface area (Å²) in [5.41, 5.74) is -1.77. The molecule has 1 saturated carbocycles. The third-order valence-electron chi connectivity index (χ3n) is 8.21. The fourth-order valence-corrected chi connectivity index (χ4v) is 6.87. The number of halogens is 2. The third-order valence-corrected chi connectivity index (χ3v) is 8.95. The van der Waals surface area contributed by atoms with Gasteiger partial charge in [0.1, 0.15) is 11.6 Å². The van der Waals surface area contributed by atoms with Gasteiger partial charge in [-0.15, -0.1) is 0 Å². The van der Waals surface area contributed by atoms with Crippen molar-refractivity contribution >= 4 is 46.6 Å². The van der Waals surface area contributed by atoms with Crippen LogP contribution in [0.4, 0.5) is 5.69 Å². The van der Waals surface area contributed by atoms with E-state index in [0.29, 0.717) is 35.3 Å². The molecule has 3 amide bonds. The molecule has 3 heterocycles. The Morgan fingerprint density at radius 2 is 1.89 bits per heavy atom. The van der Waals surface area contributed by atoms with Crippen molar-refractivity contribution in [2.45, 2.75) is 68.7 Å². The lowest BCUT2D eigenvalue weighted by molar-refractivity contribution is -0.144. The van der Waals surface area contributed by atoms with Gasteiger partial charge in [0.15, 0.2) is 0 Å². The highest BCUT2D eigenvalue weighted by Gasteiger charge is 2.76. The Labute approximate surface area is 227 Å². The first-order chi connectivity index (χ1) is 17.7. The molecule has 2 bridgehead atoms. The van der Waals surface area contributed by atoms with Crippen LogP contribution in [0, 0.1) is 11.8 Å². The number of hydrogen-bond acceptors (Lipinski definition) is 5. The second-order valence-corrected chi connectivity index (χ2v) is 11.5. The van der Waals surface area contributed by atoms with Crippen molar-refractivity contribution in [1.29, 1.82) is 0 Å². The van der Waals surface area contributed by atoms with Gasteiger partial charge in [-0.3, -0.25) is 14.4 Å². The maximum Gasteiger partial charge on any atom is 0.246 e. The molecule has 8 nitrogen and oxygen atoms in total. The summed E-state index contributed by atoms with van der Waals surface area (Å²) in [6.45, 7) is 2.59. The molecule has 2 saturated heterocycles. The Balaban J connectivity index is 1.45. The first-order valence-corrected chi connectivity index (χ1v) is 13.7. The lowest BCUT2D eigenvalue weighted by Gasteiger charge is -2.34. The average molecular weight is 550 g/mol. The van der Waals surface area contributed by atoms with Crippen LogP contribution in [0.25, 0.3) is 0 Å². The molecule has 0 aromatic heterocycles. The molecule has 3 aliphatic heterocycles. The van der Waals surface area contributed by atoms with Crippen LogP contribution in [0.5, 0.6) is 0 Å². The van der Waals surface area contributed by atoms with Gasteiger partial charge >= 0.3 is 0 Å². The molecule has 1 aromatic carbocycles. The van der Waals surface area contributed by atoms with Gasteiger partial charge in [0, 0.05) is 32.0 Å². The quantitative estimate of drug-likeness (QED) is 0.378. The third kappa shape index (κ3) is 4.56. The molecule has 37 heavy (non-hydrogen) atoms. The van der Waals surface area contributed by atoms with Crippen molar-refractivity contribution in [3.05, 3.63) is 40.4 Å². The Morgan fingerprint density at radius 3 is 2.59 bits per heavy atom. The number of likely N-dealkylation sites (tertiary alicyclic amines) is 1. The Bertz CT molecular complexity index is 1120. The van der Waals surface area contributed by atoms with Gasteiger partial charge in [-0.05, 0) is 44.4 Å². The summed E-state index contributed by atoms with van der Waals surface area (Å²) in [5.74, 6) is -2.48. The average Bonchev–Trinajstić information content (AvgIpc) is 3.43. The van der Waals surface area contributed by atoms with E-state index < -0.39 is 29.1 Å². The number of carbonyl (C=O) groups is 3. The van der Waals surface area contributed by atoms with E-state index in [1.807, 2.05) is 12.2 Å². The number of rotatable bonds is 8. The van der Waals surface area contributed by atoms with E-state index in [-0.39, 0.29) is 23.8 Å². The molecule has 10 heteroatoms. The number of methoxy groups -OCH3 is 1. The zero-order valence-corrected chi connectivity index (χ0v) is 22.6. The maximum atomic E-state index is 14.0. The summed E-state index contributed by atoms with van der Waals surface area (Å²) < 4.78 is 11.7. The first kappa shape index (κ1) is 26.5. The zero-order valence-electron chi connectivity index (χ0n) is 21.1. The minimum absolute atomic E-state index is 0.0829. The van der Waals surface area contributed by atoms with E-state index in [9.17, 15) is 14.4 Å². The van der Waals surface area contributed by atoms with Crippen LogP contribution in [-0.2, 0) is 23.9 Å². The first-order valence-electron chi connectivity index (χ1n) is 13.0. The van der Waals surface area contributed by atoms with Crippen LogP contribution in [0.1, 0.15) is 45.4 Å². The number of nitrogens with one attached hydrogen (secondary N) is 2. The number of ether oxygens (including phenoxy) is 2. The normalized spacial score (nSPS) is 32.6. The molecule has 3 fully saturated rings. The monoisotopic (exact) mass is 549 g/mol. The van der Waals surface area contributed by atoms with E-state index in [4.69, 9.17) is 32.7 Å². The largest absolute Gasteiger partial charge is 0.385 e. The van der Waals surface area contributed by atoms with Crippen molar-refractivity contribution in [2.24, 2.45) is 11.8 Å². The van der Waals surface area contributed by atoms with Gasteiger partial charge in [-0.25, -0.2) is 0 Å². The standard InChI is InChI=1S/C27H33Cl2N3O5/c1-26-11-12-27(37-26)21(20(26)23(33)31-17-9-10-18(28)19(29)15-17)25(35)32(13-6-14-36-2)22(27)24(34)30-16-7-4-3-5-8-16/h9-12,15-16,20-22H,3-8,13-14H2,1-2H3,(H,30,34)(H,31,33). The molecule has 5 atom stereocenters. The van der Waals surface area contributed by atoms with E-state index in [1.165, 1.54) is 6.42 Å². The number of amides is 3. The number of fused-ring (bicyclic) bond motifs is 1. The van der Waals surface area contributed by atoms with Crippen molar-refractivity contribution in [2.75, 3.05) is 25.6 Å². The molecule has 4 aliphatic rings. The number of carbonyl (C=O) groups excluding carboxylic acids is 3. The van der Waals surface area contributed by atoms with E-state index in [2.05, 4.69) is 10.6 Å². The van der Waals surface area contributed by atoms with Crippen LogP contribution in [-0.4, -0.2) is 66.2 Å². The highest BCUT2D eigenvalue weighted by atomic mass is 35.5. The van der Waals surface area contributed by atoms with Crippen LogP contribution in [0.3, 0.4) is 0 Å². The number of benzene rings is 1. The van der Waals surface area contributed by atoms with E-state index >= 15 is 0 Å². The molecular formula is C27H33Cl2N3O5. The van der Waals surface area contributed by atoms with Crippen molar-refractivity contribution in [3.8, 4) is 0 Å². The van der Waals surface area contributed by atoms with Crippen LogP contribution in [0.15, 0.2) is 30.4 Å². The lowest BCUT2D eigenvalue weighted by atomic mass is 9.70. The lowest BCUT2D eigenvalue weighted by Crippen LogP contribution is -2.56. The Hall–Kier alpha value is -2.13. The Morgan fingerprint density at radius 1 is 1.14 bits per heavy atom. The van der Waals surface area contributed by atoms with Crippen LogP contribution < -0.4 is 10.6 Å². The number of hydrogen-bond donors (Lipinski definition) is 2. The van der Waals surface area contributed by atoms with Crippen LogP contribution in [0.2, 0.25) is 10.0 Å². The molecule has 1 aliphatic carbocycles. The Kier molecular flexibility index (Phi) is 7.31. The summed E-state index contributed by atoms with van der Waals surface area (Å²) in [4.78, 5) is 43.0. The van der Waals surface area contributed by atoms with Gasteiger partial charge < -0.3 is 25.0 Å². The van der Waals surface area contributed by atoms with Gasteiger partial charge in [0.2, 0.25) is 17.7 Å². The topological polar surface area (TPSA) is 97.0 Å². The van der Waals surface area contributed by atoms with Crippen LogP contribution >= 0.6 is 23.2 Å². The molecule has 1 aromatic rings. The second-order valence-electron chi connectivity index (χ2n) is 10.7. The fraction of sp³-hybridized carbons (Fsp3) is 0.593. The molecule has 2 N–H and O–H groups in total. The number of anilines is 1. The van der Waals surface area contributed by atoms with Crippen molar-refractivity contribution < 1.29 is 23.9 Å². The second kappa shape index (κ2) is 10.2. The zero-order chi connectivity index (χ0) is 26.4. The summed E-state index contributed by atoms with van der Waals surface area (Å²) >= 11 is 12.2. The molecular weight excluding hydrogens is 517 g/mol. The van der Waals surface area contributed by atoms with Gasteiger partial charge in [-0.1, -0.05) is 54.6 Å². The van der Waals surface area contributed by atoms with Crippen molar-refractivity contribution in [3.63, 3.8) is 0 Å². The predicted octanol–water partition coefficient (Wildman–Crippen LogP) is 3.96. The molecule has 1 spiro atoms. The minimum Gasteiger partial charge on any atom is -0.385 e. The molecule has 5 unspecified atom stereocenters. The maximum absolute atomic E-state index is 14.0. The SMILES string of the molecule is COCCCN1C(=O)C2C(C(=O)Nc3ccc(Cl)c(Cl)c3)C3(C)C=CC2(O3)C1C(=O)NC1CCCCC1. The van der Waals surface area contributed by atoms with Crippen molar-refractivity contribution in [1.82, 2.24) is 10.2 Å². The summed E-state index contributed by atoms with van der Waals surface area (Å²) in [7, 11) is 1.60. The predicted molar refractivity (Wildman–Crippen MR) is 140 cm³/mol. The summed E-state index contributed by atoms with van der Waals surface area (Å²) in [5, 5.41) is 6.76. The van der Waals surface area contributed by atoms with E-state index in [0.717, 1.165) is 25.7 Å². The molecule has 200 valence electrons. The molecule has 0 radical (unpaired) electrons. The number of nitrogens with zero attached hydrogens (tertiary/aromatic N) is 1. The van der Waals surface area contributed by atoms with Gasteiger partial charge in [0.05, 0.1) is 27.5 Å². The minimum atomic E-state index is -1.21. The highest BCUT2D eigenvalue weighted by molar-refractivity contribution is 6.42. The van der Waals surface area contributed by atoms with E-state index in [1.54, 1.807) is 37.1 Å². The highest BCUT2D eigenvalue weighted by Crippen LogP contribution is 2.59. The van der Waals surface area contributed by atoms with Gasteiger partial charge in [0.25, 0.3) is 0 Å². The summed E-state index contributed by atoms with van der Waals surface area (Å²) in [6, 6.07) is 4.05. The fourth-order valence-electron chi connectivity index (χ4n) is 6.57. The molecule has 5 rings (SSSR count). The summed E-state index contributed by atoms with van der Waals surface area (Å²) in [6.07, 6.45) is 9.40. The smallest absolute Gasteiger partial charge is 0.246 e.